The van der Waals surface area contributed by atoms with Crippen LogP contribution >= 0.6 is 0 Å². The van der Waals surface area contributed by atoms with Crippen molar-refractivity contribution in [2.45, 2.75) is 38.7 Å². The van der Waals surface area contributed by atoms with Crippen LogP contribution in [0.1, 0.15) is 13.8 Å². The zero-order valence-corrected chi connectivity index (χ0v) is 13.8. The largest absolute Gasteiger partial charge is 0.390 e. The number of β-amino-alcohol motifs (C(OH)–C–C–N with tert-alkyl or cyclic N) is 1. The lowest BCUT2D eigenvalue weighted by Crippen LogP contribution is -2.48. The molecule has 1 aromatic heterocycles. The summed E-state index contributed by atoms with van der Waals surface area (Å²) < 4.78 is 7.55. The standard InChI is InChI=1S/C18H25N3O2/c1-14-9-20(10-15(2)23-14)12-18(22)13-21-11-17(8-19-21)16-6-4-3-5-7-16/h3-8,11,14-15,18,22H,9-10,12-13H2,1-2H3. The molecule has 3 unspecified atom stereocenters. The quantitative estimate of drug-likeness (QED) is 0.917. The molecule has 0 aliphatic carbocycles. The van der Waals surface area contributed by atoms with Crippen molar-refractivity contribution in [3.8, 4) is 11.1 Å². The lowest BCUT2D eigenvalue weighted by molar-refractivity contribution is -0.0774. The van der Waals surface area contributed by atoms with Crippen molar-refractivity contribution in [3.63, 3.8) is 0 Å². The van der Waals surface area contributed by atoms with Crippen molar-refractivity contribution in [1.82, 2.24) is 14.7 Å². The normalized spacial score (nSPS) is 23.8. The molecular weight excluding hydrogens is 290 g/mol. The topological polar surface area (TPSA) is 50.5 Å². The molecule has 5 nitrogen and oxygen atoms in total. The minimum Gasteiger partial charge on any atom is -0.390 e. The molecule has 1 saturated heterocycles. The molecule has 0 bridgehead atoms. The number of hydrogen-bond donors (Lipinski definition) is 1. The molecule has 3 atom stereocenters. The average Bonchev–Trinajstić information content (AvgIpc) is 2.95. The van der Waals surface area contributed by atoms with Crippen molar-refractivity contribution in [3.05, 3.63) is 42.7 Å². The highest BCUT2D eigenvalue weighted by atomic mass is 16.5. The summed E-state index contributed by atoms with van der Waals surface area (Å²) >= 11 is 0. The van der Waals surface area contributed by atoms with Crippen LogP contribution in [0.25, 0.3) is 11.1 Å². The van der Waals surface area contributed by atoms with Gasteiger partial charge in [-0.25, -0.2) is 0 Å². The molecule has 3 rings (SSSR count). The summed E-state index contributed by atoms with van der Waals surface area (Å²) in [6.07, 6.45) is 3.85. The van der Waals surface area contributed by atoms with Gasteiger partial charge in [0.2, 0.25) is 0 Å². The molecule has 2 aromatic rings. The van der Waals surface area contributed by atoms with Gasteiger partial charge in [0, 0.05) is 31.4 Å². The van der Waals surface area contributed by atoms with Crippen molar-refractivity contribution >= 4 is 0 Å². The maximum atomic E-state index is 10.4. The Labute approximate surface area is 137 Å². The summed E-state index contributed by atoms with van der Waals surface area (Å²) in [5.74, 6) is 0. The summed E-state index contributed by atoms with van der Waals surface area (Å²) in [6, 6.07) is 10.2. The van der Waals surface area contributed by atoms with Gasteiger partial charge in [0.05, 0.1) is 31.1 Å². The Morgan fingerprint density at radius 3 is 2.52 bits per heavy atom. The maximum absolute atomic E-state index is 10.4. The third-order valence-corrected chi connectivity index (χ3v) is 4.10. The molecule has 124 valence electrons. The lowest BCUT2D eigenvalue weighted by atomic mass is 10.1. The number of morpholine rings is 1. The molecule has 1 N–H and O–H groups in total. The summed E-state index contributed by atoms with van der Waals surface area (Å²) in [5.41, 5.74) is 2.22. The van der Waals surface area contributed by atoms with E-state index in [4.69, 9.17) is 4.74 Å². The summed E-state index contributed by atoms with van der Waals surface area (Å²) in [5, 5.41) is 14.7. The van der Waals surface area contributed by atoms with Crippen LogP contribution in [0.2, 0.25) is 0 Å². The third-order valence-electron chi connectivity index (χ3n) is 4.10. The zero-order chi connectivity index (χ0) is 16.2. The van der Waals surface area contributed by atoms with Gasteiger partial charge in [-0.05, 0) is 19.4 Å². The number of rotatable bonds is 5. The van der Waals surface area contributed by atoms with Gasteiger partial charge in [-0.2, -0.15) is 5.10 Å². The summed E-state index contributed by atoms with van der Waals surface area (Å²) in [6.45, 7) is 7.06. The monoisotopic (exact) mass is 315 g/mol. The van der Waals surface area contributed by atoms with E-state index in [9.17, 15) is 5.11 Å². The van der Waals surface area contributed by atoms with Gasteiger partial charge in [-0.15, -0.1) is 0 Å². The second-order valence-electron chi connectivity index (χ2n) is 6.45. The van der Waals surface area contributed by atoms with Crippen molar-refractivity contribution in [2.75, 3.05) is 19.6 Å². The number of ether oxygens (including phenoxy) is 1. The Morgan fingerprint density at radius 1 is 1.13 bits per heavy atom. The van der Waals surface area contributed by atoms with E-state index in [1.807, 2.05) is 35.3 Å². The van der Waals surface area contributed by atoms with Gasteiger partial charge in [0.25, 0.3) is 0 Å². The van der Waals surface area contributed by atoms with Gasteiger partial charge in [0.15, 0.2) is 0 Å². The molecule has 0 amide bonds. The minimum atomic E-state index is -0.434. The number of benzene rings is 1. The molecule has 1 aliphatic rings. The third kappa shape index (κ3) is 4.41. The smallest absolute Gasteiger partial charge is 0.0862 e. The predicted molar refractivity (Wildman–Crippen MR) is 90.1 cm³/mol. The fraction of sp³-hybridized carbons (Fsp3) is 0.500. The van der Waals surface area contributed by atoms with Crippen LogP contribution in [0.4, 0.5) is 0 Å². The summed E-state index contributed by atoms with van der Waals surface area (Å²) in [4.78, 5) is 2.27. The predicted octanol–water partition coefficient (Wildman–Crippen LogP) is 2.02. The van der Waals surface area contributed by atoms with Crippen molar-refractivity contribution in [2.24, 2.45) is 0 Å². The van der Waals surface area contributed by atoms with E-state index in [1.54, 1.807) is 0 Å². The van der Waals surface area contributed by atoms with Crippen LogP contribution in [0.5, 0.6) is 0 Å². The Kier molecular flexibility index (Phi) is 5.10. The van der Waals surface area contributed by atoms with E-state index < -0.39 is 6.10 Å². The second kappa shape index (κ2) is 7.25. The van der Waals surface area contributed by atoms with Crippen LogP contribution in [-0.2, 0) is 11.3 Å². The van der Waals surface area contributed by atoms with Crippen molar-refractivity contribution < 1.29 is 9.84 Å². The van der Waals surface area contributed by atoms with E-state index in [1.165, 1.54) is 0 Å². The van der Waals surface area contributed by atoms with Crippen molar-refractivity contribution in [1.29, 1.82) is 0 Å². The number of aliphatic hydroxyl groups excluding tert-OH is 1. The highest BCUT2D eigenvalue weighted by Gasteiger charge is 2.23. The Balaban J connectivity index is 1.56. The van der Waals surface area contributed by atoms with Gasteiger partial charge < -0.3 is 9.84 Å². The molecular formula is C18H25N3O2. The molecule has 1 aromatic carbocycles. The van der Waals surface area contributed by atoms with E-state index in [0.29, 0.717) is 13.1 Å². The molecule has 2 heterocycles. The minimum absolute atomic E-state index is 0.223. The average molecular weight is 315 g/mol. The van der Waals surface area contributed by atoms with Crippen LogP contribution < -0.4 is 0 Å². The molecule has 1 fully saturated rings. The molecule has 5 heteroatoms. The van der Waals surface area contributed by atoms with Gasteiger partial charge in [-0.3, -0.25) is 9.58 Å². The maximum Gasteiger partial charge on any atom is 0.0862 e. The second-order valence-corrected chi connectivity index (χ2v) is 6.45. The molecule has 23 heavy (non-hydrogen) atoms. The Bertz CT molecular complexity index is 604. The highest BCUT2D eigenvalue weighted by molar-refractivity contribution is 5.61. The Hall–Kier alpha value is -1.69. The first-order chi connectivity index (χ1) is 11.1. The fourth-order valence-corrected chi connectivity index (χ4v) is 3.25. The highest BCUT2D eigenvalue weighted by Crippen LogP contribution is 2.18. The SMILES string of the molecule is CC1CN(CC(O)Cn2cc(-c3ccccc3)cn2)CC(C)O1. The van der Waals surface area contributed by atoms with Gasteiger partial charge in [-0.1, -0.05) is 30.3 Å². The Morgan fingerprint density at radius 2 is 1.83 bits per heavy atom. The van der Waals surface area contributed by atoms with E-state index in [2.05, 4.69) is 36.0 Å². The van der Waals surface area contributed by atoms with Crippen LogP contribution in [0.15, 0.2) is 42.7 Å². The van der Waals surface area contributed by atoms with Crippen LogP contribution in [-0.4, -0.2) is 57.7 Å². The number of aromatic nitrogens is 2. The van der Waals surface area contributed by atoms with E-state index in [-0.39, 0.29) is 12.2 Å². The lowest BCUT2D eigenvalue weighted by Gasteiger charge is -2.36. The van der Waals surface area contributed by atoms with Gasteiger partial charge in [0.1, 0.15) is 0 Å². The first-order valence-electron chi connectivity index (χ1n) is 8.24. The first kappa shape index (κ1) is 16.2. The fourth-order valence-electron chi connectivity index (χ4n) is 3.25. The number of hydrogen-bond acceptors (Lipinski definition) is 4. The first-order valence-corrected chi connectivity index (χ1v) is 8.24. The van der Waals surface area contributed by atoms with Crippen LogP contribution in [0, 0.1) is 0 Å². The van der Waals surface area contributed by atoms with Crippen LogP contribution in [0.3, 0.4) is 0 Å². The molecule has 1 aliphatic heterocycles. The van der Waals surface area contributed by atoms with E-state index in [0.717, 1.165) is 24.2 Å². The molecule has 0 saturated carbocycles. The van der Waals surface area contributed by atoms with E-state index >= 15 is 0 Å². The number of aliphatic hydroxyl groups is 1. The molecule has 0 radical (unpaired) electrons. The summed E-state index contributed by atoms with van der Waals surface area (Å²) in [7, 11) is 0. The zero-order valence-electron chi connectivity index (χ0n) is 13.8. The van der Waals surface area contributed by atoms with Gasteiger partial charge >= 0.3 is 0 Å². The molecule has 0 spiro atoms. The number of nitrogens with zero attached hydrogens (tertiary/aromatic N) is 3.